The lowest BCUT2D eigenvalue weighted by Gasteiger charge is -2.18. The van der Waals surface area contributed by atoms with Gasteiger partial charge < -0.3 is 14.8 Å². The van der Waals surface area contributed by atoms with Gasteiger partial charge in [-0.05, 0) is 55.0 Å². The van der Waals surface area contributed by atoms with Crippen LogP contribution >= 0.6 is 34.4 Å². The van der Waals surface area contributed by atoms with E-state index in [1.807, 2.05) is 17.5 Å². The number of esters is 1. The van der Waals surface area contributed by atoms with Crippen LogP contribution in [0.3, 0.4) is 0 Å². The summed E-state index contributed by atoms with van der Waals surface area (Å²) in [5.41, 5.74) is 1.54. The fourth-order valence-corrected chi connectivity index (χ4v) is 7.47. The van der Waals surface area contributed by atoms with E-state index in [9.17, 15) is 9.59 Å². The normalized spacial score (nSPS) is 19.5. The summed E-state index contributed by atoms with van der Waals surface area (Å²) in [4.78, 5) is 27.7. The van der Waals surface area contributed by atoms with Crippen molar-refractivity contribution < 1.29 is 19.1 Å². The molecule has 3 aromatic rings. The van der Waals surface area contributed by atoms with Crippen molar-refractivity contribution in [1.29, 1.82) is 0 Å². The predicted octanol–water partition coefficient (Wildman–Crippen LogP) is 4.89. The maximum absolute atomic E-state index is 13.0. The van der Waals surface area contributed by atoms with Gasteiger partial charge in [-0.1, -0.05) is 24.8 Å². The Morgan fingerprint density at radius 3 is 2.97 bits per heavy atom. The number of anilines is 1. The summed E-state index contributed by atoms with van der Waals surface area (Å²) in [7, 11) is 1.38. The maximum atomic E-state index is 13.0. The second-order valence-corrected chi connectivity index (χ2v) is 11.9. The van der Waals surface area contributed by atoms with Crippen LogP contribution in [0.1, 0.15) is 47.0 Å². The van der Waals surface area contributed by atoms with Gasteiger partial charge in [-0.2, -0.15) is 0 Å². The second kappa shape index (κ2) is 10.8. The first-order chi connectivity index (χ1) is 17.0. The Hall–Kier alpha value is -2.21. The van der Waals surface area contributed by atoms with Gasteiger partial charge in [0.05, 0.1) is 36.0 Å². The number of carbonyl (C=O) groups is 2. The highest BCUT2D eigenvalue weighted by molar-refractivity contribution is 7.99. The topological polar surface area (TPSA) is 95.3 Å². The first-order valence-electron chi connectivity index (χ1n) is 11.8. The largest absolute Gasteiger partial charge is 0.465 e. The van der Waals surface area contributed by atoms with Crippen molar-refractivity contribution in [3.8, 4) is 10.7 Å². The zero-order valence-corrected chi connectivity index (χ0v) is 22.2. The highest BCUT2D eigenvalue weighted by Crippen LogP contribution is 2.40. The summed E-state index contributed by atoms with van der Waals surface area (Å²) >= 11 is 4.45. The van der Waals surface area contributed by atoms with E-state index in [0.717, 1.165) is 55.0 Å². The number of ether oxygens (including phenoxy) is 2. The lowest BCUT2D eigenvalue weighted by Crippen LogP contribution is -2.19. The molecule has 1 aliphatic heterocycles. The molecule has 0 bridgehead atoms. The molecule has 1 amide bonds. The van der Waals surface area contributed by atoms with Gasteiger partial charge >= 0.3 is 5.97 Å². The molecule has 1 aliphatic carbocycles. The number of carbonyl (C=O) groups excluding carboxylic acids is 2. The Kier molecular flexibility index (Phi) is 7.56. The minimum absolute atomic E-state index is 0.125. The lowest BCUT2D eigenvalue weighted by atomic mass is 9.88. The molecule has 0 radical (unpaired) electrons. The van der Waals surface area contributed by atoms with Crippen LogP contribution in [0.2, 0.25) is 0 Å². The van der Waals surface area contributed by atoms with Crippen molar-refractivity contribution in [1.82, 2.24) is 14.8 Å². The van der Waals surface area contributed by atoms with Gasteiger partial charge in [-0.3, -0.25) is 9.36 Å². The number of aromatic nitrogens is 3. The van der Waals surface area contributed by atoms with Crippen LogP contribution in [0.25, 0.3) is 10.7 Å². The summed E-state index contributed by atoms with van der Waals surface area (Å²) in [6.45, 7) is 3.65. The molecular formula is C24H28N4O4S3. The molecule has 11 heteroatoms. The molecule has 0 saturated carbocycles. The van der Waals surface area contributed by atoms with Crippen LogP contribution in [0, 0.1) is 5.92 Å². The Labute approximate surface area is 216 Å². The third-order valence-corrected chi connectivity index (χ3v) is 9.36. The van der Waals surface area contributed by atoms with Gasteiger partial charge in [0.2, 0.25) is 5.91 Å². The van der Waals surface area contributed by atoms with Gasteiger partial charge in [0.25, 0.3) is 0 Å². The molecule has 2 atom stereocenters. The molecule has 35 heavy (non-hydrogen) atoms. The van der Waals surface area contributed by atoms with Gasteiger partial charge in [0.1, 0.15) is 5.00 Å². The van der Waals surface area contributed by atoms with Gasteiger partial charge in [0.15, 0.2) is 11.0 Å². The zero-order valence-electron chi connectivity index (χ0n) is 19.7. The Morgan fingerprint density at radius 2 is 2.23 bits per heavy atom. The number of hydrogen-bond donors (Lipinski definition) is 1. The minimum atomic E-state index is -0.392. The first kappa shape index (κ1) is 24.5. The summed E-state index contributed by atoms with van der Waals surface area (Å²) in [5.74, 6) is 0.950. The number of nitrogens with one attached hydrogen (secondary N) is 1. The zero-order chi connectivity index (χ0) is 24.4. The average molecular weight is 533 g/mol. The van der Waals surface area contributed by atoms with Gasteiger partial charge in [-0.25, -0.2) is 4.79 Å². The summed E-state index contributed by atoms with van der Waals surface area (Å²) in [6.07, 6.45) is 4.97. The lowest BCUT2D eigenvalue weighted by molar-refractivity contribution is -0.113. The first-order valence-corrected chi connectivity index (χ1v) is 14.5. The Balaban J connectivity index is 1.32. The number of thioether (sulfide) groups is 1. The molecule has 0 spiro atoms. The number of rotatable bonds is 8. The summed E-state index contributed by atoms with van der Waals surface area (Å²) in [5, 5.41) is 15.1. The minimum Gasteiger partial charge on any atom is -0.465 e. The Morgan fingerprint density at radius 1 is 1.34 bits per heavy atom. The monoisotopic (exact) mass is 532 g/mol. The number of hydrogen-bond acceptors (Lipinski definition) is 9. The fraction of sp³-hybridized carbons (Fsp3) is 0.500. The molecule has 8 nitrogen and oxygen atoms in total. The summed E-state index contributed by atoms with van der Waals surface area (Å²) < 4.78 is 12.9. The standard InChI is InChI=1S/C24H28N4O4S3/c1-14-7-8-16-18(11-14)35-22(20(16)23(30)31-2)25-19(29)13-34-24-27-26-21(17-6-4-10-33-17)28(24)12-15-5-3-9-32-15/h4,6,10,14-15H,3,5,7-9,11-13H2,1-2H3,(H,25,29). The highest BCUT2D eigenvalue weighted by Gasteiger charge is 2.29. The second-order valence-electron chi connectivity index (χ2n) is 8.91. The molecule has 1 saturated heterocycles. The number of methoxy groups -OCH3 is 1. The Bertz CT molecular complexity index is 1200. The number of thiophene rings is 2. The van der Waals surface area contributed by atoms with Crippen molar-refractivity contribution in [3.63, 3.8) is 0 Å². The third kappa shape index (κ3) is 5.32. The van der Waals surface area contributed by atoms with Crippen molar-refractivity contribution in [3.05, 3.63) is 33.5 Å². The number of amides is 1. The molecule has 4 heterocycles. The molecule has 3 aromatic heterocycles. The van der Waals surface area contributed by atoms with E-state index in [0.29, 0.717) is 28.2 Å². The van der Waals surface area contributed by atoms with Crippen LogP contribution in [-0.2, 0) is 33.7 Å². The van der Waals surface area contributed by atoms with Crippen LogP contribution in [0.4, 0.5) is 5.00 Å². The van der Waals surface area contributed by atoms with Crippen LogP contribution < -0.4 is 5.32 Å². The van der Waals surface area contributed by atoms with Gasteiger partial charge in [-0.15, -0.1) is 32.9 Å². The average Bonchev–Trinajstić information content (AvgIpc) is 3.64. The van der Waals surface area contributed by atoms with E-state index >= 15 is 0 Å². The van der Waals surface area contributed by atoms with Gasteiger partial charge in [0, 0.05) is 11.5 Å². The molecular weight excluding hydrogens is 504 g/mol. The molecule has 186 valence electrons. The van der Waals surface area contributed by atoms with E-state index in [-0.39, 0.29) is 17.8 Å². The SMILES string of the molecule is COC(=O)c1c(NC(=O)CSc2nnc(-c3cccs3)n2CC2CCCO2)sc2c1CCC(C)C2. The molecule has 1 fully saturated rings. The van der Waals surface area contributed by atoms with Crippen LogP contribution in [0.5, 0.6) is 0 Å². The highest BCUT2D eigenvalue weighted by atomic mass is 32.2. The van der Waals surface area contributed by atoms with E-state index in [1.54, 1.807) is 11.3 Å². The molecule has 0 aromatic carbocycles. The van der Waals surface area contributed by atoms with Crippen LogP contribution in [0.15, 0.2) is 22.7 Å². The maximum Gasteiger partial charge on any atom is 0.341 e. The van der Waals surface area contributed by atoms with Crippen molar-refractivity contribution in [2.24, 2.45) is 5.92 Å². The predicted molar refractivity (Wildman–Crippen MR) is 139 cm³/mol. The molecule has 1 N–H and O–H groups in total. The van der Waals surface area contributed by atoms with Crippen molar-refractivity contribution in [2.75, 3.05) is 24.8 Å². The molecule has 2 unspecified atom stereocenters. The van der Waals surface area contributed by atoms with Crippen molar-refractivity contribution in [2.45, 2.75) is 56.8 Å². The smallest absolute Gasteiger partial charge is 0.341 e. The van der Waals surface area contributed by atoms with E-state index < -0.39 is 5.97 Å². The molecule has 5 rings (SSSR count). The number of fused-ring (bicyclic) bond motifs is 1. The van der Waals surface area contributed by atoms with E-state index in [2.05, 4.69) is 27.0 Å². The molecule has 2 aliphatic rings. The van der Waals surface area contributed by atoms with Crippen LogP contribution in [-0.4, -0.2) is 52.2 Å². The van der Waals surface area contributed by atoms with Crippen molar-refractivity contribution >= 4 is 51.3 Å². The quantitative estimate of drug-likeness (QED) is 0.326. The summed E-state index contributed by atoms with van der Waals surface area (Å²) in [6, 6.07) is 4.02. The van der Waals surface area contributed by atoms with E-state index in [4.69, 9.17) is 9.47 Å². The third-order valence-electron chi connectivity index (χ3n) is 6.36. The van der Waals surface area contributed by atoms with E-state index in [1.165, 1.54) is 35.1 Å². The number of nitrogens with zero attached hydrogens (tertiary/aromatic N) is 3. The fourth-order valence-electron chi connectivity index (χ4n) is 4.59.